The lowest BCUT2D eigenvalue weighted by molar-refractivity contribution is 0.477. The number of rotatable bonds is 2. The highest BCUT2D eigenvalue weighted by molar-refractivity contribution is 6.24. The van der Waals surface area contributed by atoms with E-state index in [-0.39, 0.29) is 0 Å². The average Bonchev–Trinajstić information content (AvgIpc) is 3.58. The Kier molecular flexibility index (Phi) is 4.30. The van der Waals surface area contributed by atoms with Crippen LogP contribution in [0.1, 0.15) is 0 Å². The topological polar surface area (TPSA) is 38.8 Å². The van der Waals surface area contributed by atoms with Crippen molar-refractivity contribution in [2.75, 3.05) is 4.90 Å². The Morgan fingerprint density at radius 3 is 2.02 bits per heavy atom. The minimum atomic E-state index is 0.821. The molecule has 0 saturated carbocycles. The van der Waals surface area contributed by atoms with Gasteiger partial charge in [0.05, 0.1) is 16.8 Å². The zero-order valence-electron chi connectivity index (χ0n) is 21.3. The molecule has 6 aromatic carbocycles. The van der Waals surface area contributed by atoms with Crippen molar-refractivity contribution in [3.8, 4) is 22.6 Å². The van der Waals surface area contributed by atoms with E-state index < -0.39 is 0 Å². The summed E-state index contributed by atoms with van der Waals surface area (Å²) in [5.41, 5.74) is 8.67. The number of furan rings is 2. The molecule has 4 heteroatoms. The minimum absolute atomic E-state index is 0.821. The molecule has 0 saturated heterocycles. The molecule has 0 atom stereocenters. The molecule has 0 aliphatic carbocycles. The van der Waals surface area contributed by atoms with E-state index in [0.717, 1.165) is 83.6 Å². The molecule has 0 spiro atoms. The summed E-state index contributed by atoms with van der Waals surface area (Å²) >= 11 is 0. The second kappa shape index (κ2) is 8.01. The zero-order valence-corrected chi connectivity index (χ0v) is 21.3. The molecule has 188 valence electrons. The van der Waals surface area contributed by atoms with Gasteiger partial charge < -0.3 is 18.5 Å². The molecule has 1 aliphatic heterocycles. The molecule has 8 aromatic rings. The number of para-hydroxylation sites is 5. The van der Waals surface area contributed by atoms with E-state index in [1.165, 1.54) is 0 Å². The molecule has 2 aromatic heterocycles. The van der Waals surface area contributed by atoms with Crippen LogP contribution in [0.5, 0.6) is 11.5 Å². The molecule has 4 nitrogen and oxygen atoms in total. The minimum Gasteiger partial charge on any atom is -0.456 e. The van der Waals surface area contributed by atoms with Gasteiger partial charge in [-0.3, -0.25) is 0 Å². The largest absolute Gasteiger partial charge is 0.456 e. The van der Waals surface area contributed by atoms with E-state index in [2.05, 4.69) is 71.6 Å². The van der Waals surface area contributed by atoms with Crippen molar-refractivity contribution in [1.82, 2.24) is 0 Å². The van der Waals surface area contributed by atoms with Gasteiger partial charge in [0.2, 0.25) is 0 Å². The van der Waals surface area contributed by atoms with Crippen molar-refractivity contribution in [2.45, 2.75) is 0 Å². The third kappa shape index (κ3) is 2.96. The van der Waals surface area contributed by atoms with Gasteiger partial charge in [-0.25, -0.2) is 0 Å². The van der Waals surface area contributed by atoms with Gasteiger partial charge in [0.1, 0.15) is 22.3 Å². The number of nitrogens with zero attached hydrogens (tertiary/aromatic N) is 1. The fourth-order valence-electron chi connectivity index (χ4n) is 6.12. The smallest absolute Gasteiger partial charge is 0.151 e. The predicted octanol–water partition coefficient (Wildman–Crippen LogP) is 10.7. The quantitative estimate of drug-likeness (QED) is 0.229. The molecular formula is C36H21NO3. The Morgan fingerprint density at radius 1 is 0.475 bits per heavy atom. The van der Waals surface area contributed by atoms with E-state index in [0.29, 0.717) is 0 Å². The van der Waals surface area contributed by atoms with E-state index in [1.807, 2.05) is 60.7 Å². The van der Waals surface area contributed by atoms with Crippen LogP contribution >= 0.6 is 0 Å². The normalized spacial score (nSPS) is 12.7. The lowest BCUT2D eigenvalue weighted by Gasteiger charge is -2.33. The summed E-state index contributed by atoms with van der Waals surface area (Å²) in [6.45, 7) is 0. The predicted molar refractivity (Wildman–Crippen MR) is 161 cm³/mol. The molecule has 0 bridgehead atoms. The fourth-order valence-corrected chi connectivity index (χ4v) is 6.12. The Balaban J connectivity index is 1.30. The highest BCUT2D eigenvalue weighted by Gasteiger charge is 2.26. The standard InChI is InChI=1S/C36H21NO3/c1-4-15-29-25(11-1)26-19-20-33-35(36(26)40-29)34-24(12-8-18-32(34)39-33)22-9-7-10-23(21-22)37-27-13-2-5-16-30(27)38-31-17-6-3-14-28(31)37/h1-21H. The first-order chi connectivity index (χ1) is 19.8. The third-order valence-electron chi connectivity index (χ3n) is 7.85. The van der Waals surface area contributed by atoms with Crippen molar-refractivity contribution in [3.05, 3.63) is 127 Å². The van der Waals surface area contributed by atoms with E-state index in [1.54, 1.807) is 0 Å². The molecule has 3 heterocycles. The van der Waals surface area contributed by atoms with Crippen LogP contribution in [0, 0.1) is 0 Å². The van der Waals surface area contributed by atoms with Crippen LogP contribution in [0.15, 0.2) is 136 Å². The second-order valence-electron chi connectivity index (χ2n) is 10.1. The summed E-state index contributed by atoms with van der Waals surface area (Å²) < 4.78 is 19.1. The third-order valence-corrected chi connectivity index (χ3v) is 7.85. The second-order valence-corrected chi connectivity index (χ2v) is 10.1. The molecule has 40 heavy (non-hydrogen) atoms. The van der Waals surface area contributed by atoms with Gasteiger partial charge in [0.25, 0.3) is 0 Å². The van der Waals surface area contributed by atoms with Gasteiger partial charge in [-0.1, -0.05) is 66.7 Å². The summed E-state index contributed by atoms with van der Waals surface area (Å²) in [4.78, 5) is 2.27. The molecule has 1 aliphatic rings. The number of benzene rings is 6. The van der Waals surface area contributed by atoms with E-state index >= 15 is 0 Å². The number of hydrogen-bond acceptors (Lipinski definition) is 4. The molecule has 0 unspecified atom stereocenters. The van der Waals surface area contributed by atoms with Gasteiger partial charge in [-0.05, 0) is 71.8 Å². The highest BCUT2D eigenvalue weighted by atomic mass is 16.5. The van der Waals surface area contributed by atoms with Crippen LogP contribution in [0.4, 0.5) is 17.1 Å². The van der Waals surface area contributed by atoms with Gasteiger partial charge in [-0.15, -0.1) is 0 Å². The van der Waals surface area contributed by atoms with Gasteiger partial charge in [-0.2, -0.15) is 0 Å². The maximum Gasteiger partial charge on any atom is 0.151 e. The number of ether oxygens (including phenoxy) is 1. The van der Waals surface area contributed by atoms with Crippen LogP contribution in [-0.4, -0.2) is 0 Å². The maximum absolute atomic E-state index is 6.44. The summed E-state index contributed by atoms with van der Waals surface area (Å²) in [5, 5.41) is 4.27. The van der Waals surface area contributed by atoms with Crippen LogP contribution < -0.4 is 9.64 Å². The van der Waals surface area contributed by atoms with Gasteiger partial charge in [0, 0.05) is 21.8 Å². The van der Waals surface area contributed by atoms with Crippen LogP contribution in [0.25, 0.3) is 55.0 Å². The van der Waals surface area contributed by atoms with Crippen LogP contribution in [0.3, 0.4) is 0 Å². The Hall–Kier alpha value is -5.48. The van der Waals surface area contributed by atoms with Crippen molar-refractivity contribution < 1.29 is 13.6 Å². The summed E-state index contributed by atoms with van der Waals surface area (Å²) in [5.74, 6) is 1.67. The molecular weight excluding hydrogens is 494 g/mol. The lowest BCUT2D eigenvalue weighted by Crippen LogP contribution is -2.15. The Labute approximate surface area is 229 Å². The molecule has 9 rings (SSSR count). The first kappa shape index (κ1) is 21.5. The highest BCUT2D eigenvalue weighted by Crippen LogP contribution is 2.51. The molecule has 0 radical (unpaired) electrons. The number of fused-ring (bicyclic) bond motifs is 9. The first-order valence-electron chi connectivity index (χ1n) is 13.4. The maximum atomic E-state index is 6.44. The van der Waals surface area contributed by atoms with Gasteiger partial charge >= 0.3 is 0 Å². The molecule has 0 N–H and O–H groups in total. The first-order valence-corrected chi connectivity index (χ1v) is 13.4. The monoisotopic (exact) mass is 515 g/mol. The van der Waals surface area contributed by atoms with E-state index in [4.69, 9.17) is 13.6 Å². The Morgan fingerprint density at radius 2 is 1.18 bits per heavy atom. The van der Waals surface area contributed by atoms with Crippen molar-refractivity contribution in [3.63, 3.8) is 0 Å². The zero-order chi connectivity index (χ0) is 26.2. The van der Waals surface area contributed by atoms with Crippen LogP contribution in [0.2, 0.25) is 0 Å². The number of anilines is 3. The lowest BCUT2D eigenvalue weighted by atomic mass is 9.97. The summed E-state index contributed by atoms with van der Waals surface area (Å²) in [7, 11) is 0. The summed E-state index contributed by atoms with van der Waals surface area (Å²) in [6.07, 6.45) is 0. The van der Waals surface area contributed by atoms with Crippen LogP contribution in [-0.2, 0) is 0 Å². The van der Waals surface area contributed by atoms with Gasteiger partial charge in [0.15, 0.2) is 11.5 Å². The number of hydrogen-bond donors (Lipinski definition) is 0. The van der Waals surface area contributed by atoms with Crippen molar-refractivity contribution in [2.24, 2.45) is 0 Å². The SMILES string of the molecule is c1cc(-c2cccc3oc4ccc5c6ccccc6oc5c4c23)cc(N2c3ccccc3Oc3ccccc32)c1. The summed E-state index contributed by atoms with van der Waals surface area (Å²) in [6, 6.07) is 43.6. The average molecular weight is 516 g/mol. The Bertz CT molecular complexity index is 2230. The van der Waals surface area contributed by atoms with Crippen molar-refractivity contribution >= 4 is 60.9 Å². The van der Waals surface area contributed by atoms with E-state index in [9.17, 15) is 0 Å². The molecule has 0 fully saturated rings. The molecule has 0 amide bonds. The van der Waals surface area contributed by atoms with Crippen molar-refractivity contribution in [1.29, 1.82) is 0 Å². The fraction of sp³-hybridized carbons (Fsp3) is 0.